The predicted molar refractivity (Wildman–Crippen MR) is 114 cm³/mol. The molecule has 1 aromatic carbocycles. The van der Waals surface area contributed by atoms with Crippen LogP contribution in [0.4, 0.5) is 13.2 Å². The summed E-state index contributed by atoms with van der Waals surface area (Å²) >= 11 is 1.05. The number of pyridine rings is 1. The van der Waals surface area contributed by atoms with Crippen molar-refractivity contribution in [2.45, 2.75) is 35.4 Å². The molecule has 4 rings (SSSR count). The third kappa shape index (κ3) is 4.94. The van der Waals surface area contributed by atoms with E-state index in [0.29, 0.717) is 9.92 Å². The highest BCUT2D eigenvalue weighted by molar-refractivity contribution is 7.99. The maximum absolute atomic E-state index is 13.0. The second-order valence-electron chi connectivity index (χ2n) is 7.74. The minimum absolute atomic E-state index is 0.0237. The van der Waals surface area contributed by atoms with E-state index in [0.717, 1.165) is 48.9 Å². The maximum atomic E-state index is 13.0. The van der Waals surface area contributed by atoms with Crippen molar-refractivity contribution in [3.8, 4) is 0 Å². The van der Waals surface area contributed by atoms with Crippen LogP contribution in [0.25, 0.3) is 0 Å². The number of aryl methyl sites for hydroxylation is 2. The Balaban J connectivity index is 1.31. The lowest BCUT2D eigenvalue weighted by atomic mass is 10.1. The fourth-order valence-corrected chi connectivity index (χ4v) is 6.11. The number of aromatic nitrogens is 1. The average molecular weight is 486 g/mol. The molecule has 0 N–H and O–H groups in total. The summed E-state index contributed by atoms with van der Waals surface area (Å²) in [7, 11) is -3.62. The van der Waals surface area contributed by atoms with Crippen LogP contribution in [-0.2, 0) is 33.8 Å². The van der Waals surface area contributed by atoms with Gasteiger partial charge in [-0.05, 0) is 54.7 Å². The van der Waals surface area contributed by atoms with E-state index in [-0.39, 0.29) is 37.8 Å². The van der Waals surface area contributed by atoms with Gasteiger partial charge in [0.1, 0.15) is 0 Å². The lowest BCUT2D eigenvalue weighted by Crippen LogP contribution is -2.51. The molecule has 0 unspecified atom stereocenters. The van der Waals surface area contributed by atoms with E-state index in [1.807, 2.05) is 6.07 Å². The van der Waals surface area contributed by atoms with Crippen molar-refractivity contribution in [3.63, 3.8) is 0 Å². The zero-order valence-electron chi connectivity index (χ0n) is 17.1. The number of fused-ring (bicyclic) bond motifs is 1. The lowest BCUT2D eigenvalue weighted by Gasteiger charge is -2.34. The molecule has 0 radical (unpaired) electrons. The van der Waals surface area contributed by atoms with E-state index in [1.165, 1.54) is 15.9 Å². The SMILES string of the molecule is O=C(CSc1ccc(C(F)(F)F)cn1)N1CCN(S(=O)(=O)c2ccc3c(c2)CCC3)CC1. The summed E-state index contributed by atoms with van der Waals surface area (Å²) in [5.41, 5.74) is 1.46. The molecule has 2 aliphatic rings. The topological polar surface area (TPSA) is 70.6 Å². The van der Waals surface area contributed by atoms with Crippen molar-refractivity contribution in [2.75, 3.05) is 31.9 Å². The summed E-state index contributed by atoms with van der Waals surface area (Å²) in [6.07, 6.45) is -0.788. The van der Waals surface area contributed by atoms with Crippen LogP contribution >= 0.6 is 11.8 Å². The zero-order valence-corrected chi connectivity index (χ0v) is 18.8. The number of hydrogen-bond donors (Lipinski definition) is 0. The molecule has 32 heavy (non-hydrogen) atoms. The molecule has 1 amide bonds. The molecule has 2 heterocycles. The molecule has 172 valence electrons. The van der Waals surface area contributed by atoms with Gasteiger partial charge in [0.25, 0.3) is 0 Å². The summed E-state index contributed by atoms with van der Waals surface area (Å²) in [5.74, 6) is -0.179. The van der Waals surface area contributed by atoms with Crippen molar-refractivity contribution in [1.29, 1.82) is 0 Å². The first-order valence-corrected chi connectivity index (χ1v) is 12.6. The first-order chi connectivity index (χ1) is 15.1. The maximum Gasteiger partial charge on any atom is 0.417 e. The second-order valence-corrected chi connectivity index (χ2v) is 10.7. The van der Waals surface area contributed by atoms with Crippen LogP contribution in [0.5, 0.6) is 0 Å². The number of carbonyl (C=O) groups is 1. The molecule has 0 bridgehead atoms. The predicted octanol–water partition coefficient (Wildman–Crippen LogP) is 3.21. The van der Waals surface area contributed by atoms with Crippen molar-refractivity contribution < 1.29 is 26.4 Å². The van der Waals surface area contributed by atoms with E-state index in [1.54, 1.807) is 17.0 Å². The second kappa shape index (κ2) is 9.03. The van der Waals surface area contributed by atoms with E-state index in [9.17, 15) is 26.4 Å². The fraction of sp³-hybridized carbons (Fsp3) is 0.429. The van der Waals surface area contributed by atoms with E-state index in [2.05, 4.69) is 4.98 Å². The van der Waals surface area contributed by atoms with Gasteiger partial charge < -0.3 is 4.90 Å². The summed E-state index contributed by atoms with van der Waals surface area (Å²) in [6, 6.07) is 7.49. The van der Waals surface area contributed by atoms with Crippen LogP contribution < -0.4 is 0 Å². The smallest absolute Gasteiger partial charge is 0.339 e. The Morgan fingerprint density at radius 3 is 2.41 bits per heavy atom. The van der Waals surface area contributed by atoms with Gasteiger partial charge in [-0.25, -0.2) is 13.4 Å². The van der Waals surface area contributed by atoms with Gasteiger partial charge in [0.15, 0.2) is 0 Å². The number of halogens is 3. The number of alkyl halides is 3. The molecule has 1 aliphatic heterocycles. The number of benzene rings is 1. The summed E-state index contributed by atoms with van der Waals surface area (Å²) < 4.78 is 65.2. The number of hydrogen-bond acceptors (Lipinski definition) is 5. The number of nitrogens with zero attached hydrogens (tertiary/aromatic N) is 3. The number of piperazine rings is 1. The van der Waals surface area contributed by atoms with Crippen molar-refractivity contribution in [2.24, 2.45) is 0 Å². The first kappa shape index (κ1) is 23.1. The Kier molecular flexibility index (Phi) is 6.51. The van der Waals surface area contributed by atoms with E-state index >= 15 is 0 Å². The molecule has 6 nitrogen and oxygen atoms in total. The van der Waals surface area contributed by atoms with Crippen LogP contribution in [0.2, 0.25) is 0 Å². The molecular weight excluding hydrogens is 463 g/mol. The van der Waals surface area contributed by atoms with Crippen molar-refractivity contribution in [3.05, 3.63) is 53.2 Å². The van der Waals surface area contributed by atoms with Gasteiger partial charge in [-0.15, -0.1) is 0 Å². The highest BCUT2D eigenvalue weighted by Gasteiger charge is 2.32. The Bertz CT molecular complexity index is 1100. The molecule has 0 spiro atoms. The summed E-state index contributed by atoms with van der Waals surface area (Å²) in [5, 5.41) is 0.323. The van der Waals surface area contributed by atoms with Crippen LogP contribution in [-0.4, -0.2) is 60.4 Å². The van der Waals surface area contributed by atoms with Crippen molar-refractivity contribution in [1.82, 2.24) is 14.2 Å². The Morgan fingerprint density at radius 1 is 1.03 bits per heavy atom. The normalized spacial score (nSPS) is 17.4. The summed E-state index contributed by atoms with van der Waals surface area (Å²) in [6.45, 7) is 0.941. The van der Waals surface area contributed by atoms with Gasteiger partial charge in [-0.2, -0.15) is 17.5 Å². The Morgan fingerprint density at radius 2 is 1.75 bits per heavy atom. The van der Waals surface area contributed by atoms with Crippen LogP contribution in [0.1, 0.15) is 23.1 Å². The number of carbonyl (C=O) groups excluding carboxylic acids is 1. The fourth-order valence-electron chi connectivity index (χ4n) is 3.90. The number of thioether (sulfide) groups is 1. The first-order valence-electron chi connectivity index (χ1n) is 10.2. The summed E-state index contributed by atoms with van der Waals surface area (Å²) in [4.78, 5) is 18.1. The minimum atomic E-state index is -4.45. The van der Waals surface area contributed by atoms with Gasteiger partial charge in [0, 0.05) is 32.4 Å². The standard InChI is InChI=1S/C21H22F3N3O3S2/c22-21(23,24)17-5-7-19(25-13-17)31-14-20(28)26-8-10-27(11-9-26)32(29,30)18-6-4-15-2-1-3-16(15)12-18/h4-7,12-13H,1-3,8-11,14H2. The average Bonchev–Trinajstić information content (AvgIpc) is 3.25. The largest absolute Gasteiger partial charge is 0.417 e. The minimum Gasteiger partial charge on any atom is -0.339 e. The molecule has 1 aromatic heterocycles. The van der Waals surface area contributed by atoms with Gasteiger partial charge in [-0.1, -0.05) is 17.8 Å². The quantitative estimate of drug-likeness (QED) is 0.609. The number of rotatable bonds is 5. The molecule has 1 fully saturated rings. The Labute approximate surface area is 188 Å². The third-order valence-electron chi connectivity index (χ3n) is 5.71. The molecule has 0 atom stereocenters. The monoisotopic (exact) mass is 485 g/mol. The molecule has 1 saturated heterocycles. The number of sulfonamides is 1. The number of amides is 1. The van der Waals surface area contributed by atoms with Crippen LogP contribution in [0, 0.1) is 0 Å². The zero-order chi connectivity index (χ0) is 22.9. The Hall–Kier alpha value is -2.11. The van der Waals surface area contributed by atoms with Crippen LogP contribution in [0.15, 0.2) is 46.5 Å². The molecule has 2 aromatic rings. The highest BCUT2D eigenvalue weighted by atomic mass is 32.2. The van der Waals surface area contributed by atoms with Crippen LogP contribution in [0.3, 0.4) is 0 Å². The van der Waals surface area contributed by atoms with Gasteiger partial charge >= 0.3 is 6.18 Å². The van der Waals surface area contributed by atoms with E-state index in [4.69, 9.17) is 0 Å². The molecule has 0 saturated carbocycles. The lowest BCUT2D eigenvalue weighted by molar-refractivity contribution is -0.138. The van der Waals surface area contributed by atoms with E-state index < -0.39 is 21.8 Å². The molecular formula is C21H22F3N3O3S2. The highest BCUT2D eigenvalue weighted by Crippen LogP contribution is 2.30. The van der Waals surface area contributed by atoms with Crippen molar-refractivity contribution >= 4 is 27.7 Å². The van der Waals surface area contributed by atoms with Gasteiger partial charge in [-0.3, -0.25) is 4.79 Å². The van der Waals surface area contributed by atoms with Gasteiger partial charge in [0.2, 0.25) is 15.9 Å². The molecule has 11 heteroatoms. The third-order valence-corrected chi connectivity index (χ3v) is 8.53. The molecule has 1 aliphatic carbocycles. The van der Waals surface area contributed by atoms with Gasteiger partial charge in [0.05, 0.1) is 21.2 Å².